The normalized spacial score (nSPS) is 13.0. The minimum absolute atomic E-state index is 0.437. The minimum Gasteiger partial charge on any atom is -0.357 e. The molecule has 2 aromatic heterocycles. The SMILES string of the molecule is CCNC(=NCC(C)Cn1cccn1)NCCCn1ccc2ccccc21. The Morgan fingerprint density at radius 2 is 2.04 bits per heavy atom. The van der Waals surface area contributed by atoms with Crippen LogP contribution in [-0.2, 0) is 13.1 Å². The van der Waals surface area contributed by atoms with Gasteiger partial charge in [0.15, 0.2) is 5.96 Å². The molecule has 2 heterocycles. The van der Waals surface area contributed by atoms with Gasteiger partial charge in [-0.2, -0.15) is 5.10 Å². The zero-order valence-electron chi connectivity index (χ0n) is 16.3. The summed E-state index contributed by atoms with van der Waals surface area (Å²) in [5.41, 5.74) is 1.30. The third-order valence-corrected chi connectivity index (χ3v) is 4.51. The maximum atomic E-state index is 4.72. The summed E-state index contributed by atoms with van der Waals surface area (Å²) in [6.07, 6.45) is 7.02. The zero-order chi connectivity index (χ0) is 18.9. The molecule has 6 nitrogen and oxygen atoms in total. The Balaban J connectivity index is 1.44. The minimum atomic E-state index is 0.437. The highest BCUT2D eigenvalue weighted by atomic mass is 15.3. The van der Waals surface area contributed by atoms with Crippen LogP contribution >= 0.6 is 0 Å². The number of hydrogen-bond donors (Lipinski definition) is 2. The van der Waals surface area contributed by atoms with E-state index in [1.54, 1.807) is 0 Å². The van der Waals surface area contributed by atoms with Gasteiger partial charge < -0.3 is 15.2 Å². The molecular weight excluding hydrogens is 336 g/mol. The van der Waals surface area contributed by atoms with E-state index >= 15 is 0 Å². The lowest BCUT2D eigenvalue weighted by atomic mass is 10.2. The molecule has 3 rings (SSSR count). The molecule has 0 fully saturated rings. The molecule has 0 saturated heterocycles. The summed E-state index contributed by atoms with van der Waals surface area (Å²) in [4.78, 5) is 4.72. The van der Waals surface area contributed by atoms with E-state index in [2.05, 4.69) is 70.7 Å². The second-order valence-corrected chi connectivity index (χ2v) is 6.90. The van der Waals surface area contributed by atoms with E-state index in [4.69, 9.17) is 4.99 Å². The van der Waals surface area contributed by atoms with Gasteiger partial charge in [0.05, 0.1) is 0 Å². The molecule has 0 radical (unpaired) electrons. The van der Waals surface area contributed by atoms with Crippen molar-refractivity contribution in [2.45, 2.75) is 33.4 Å². The van der Waals surface area contributed by atoms with E-state index < -0.39 is 0 Å². The highest BCUT2D eigenvalue weighted by Crippen LogP contribution is 2.15. The third kappa shape index (κ3) is 5.61. The Labute approximate surface area is 161 Å². The molecule has 144 valence electrons. The third-order valence-electron chi connectivity index (χ3n) is 4.51. The van der Waals surface area contributed by atoms with E-state index in [1.807, 2.05) is 23.1 Å². The summed E-state index contributed by atoms with van der Waals surface area (Å²) in [6, 6.07) is 12.6. The molecule has 0 bridgehead atoms. The van der Waals surface area contributed by atoms with E-state index in [1.165, 1.54) is 10.9 Å². The van der Waals surface area contributed by atoms with Crippen molar-refractivity contribution in [1.82, 2.24) is 25.0 Å². The number of fused-ring (bicyclic) bond motifs is 1. The van der Waals surface area contributed by atoms with Crippen LogP contribution in [0.1, 0.15) is 20.3 Å². The molecule has 1 unspecified atom stereocenters. The largest absolute Gasteiger partial charge is 0.357 e. The number of guanidine groups is 1. The van der Waals surface area contributed by atoms with Gasteiger partial charge in [-0.3, -0.25) is 9.67 Å². The van der Waals surface area contributed by atoms with Gasteiger partial charge in [0.2, 0.25) is 0 Å². The van der Waals surface area contributed by atoms with Crippen molar-refractivity contribution in [3.8, 4) is 0 Å². The first kappa shape index (κ1) is 19.0. The number of nitrogens with one attached hydrogen (secondary N) is 2. The van der Waals surface area contributed by atoms with Crippen molar-refractivity contribution in [2.75, 3.05) is 19.6 Å². The molecule has 27 heavy (non-hydrogen) atoms. The summed E-state index contributed by atoms with van der Waals surface area (Å²) < 4.78 is 4.27. The summed E-state index contributed by atoms with van der Waals surface area (Å²) in [5.74, 6) is 1.33. The number of para-hydroxylation sites is 1. The molecule has 0 amide bonds. The highest BCUT2D eigenvalue weighted by Gasteiger charge is 2.04. The lowest BCUT2D eigenvalue weighted by molar-refractivity contribution is 0.458. The Morgan fingerprint density at radius 3 is 2.85 bits per heavy atom. The van der Waals surface area contributed by atoms with Crippen LogP contribution in [0.3, 0.4) is 0 Å². The van der Waals surface area contributed by atoms with Crippen molar-refractivity contribution in [2.24, 2.45) is 10.9 Å². The van der Waals surface area contributed by atoms with Gasteiger partial charge in [-0.1, -0.05) is 25.1 Å². The van der Waals surface area contributed by atoms with E-state index in [-0.39, 0.29) is 0 Å². The molecule has 1 aromatic carbocycles. The molecule has 0 saturated carbocycles. The number of aromatic nitrogens is 3. The number of benzene rings is 1. The average Bonchev–Trinajstić information content (AvgIpc) is 3.33. The van der Waals surface area contributed by atoms with Crippen molar-refractivity contribution >= 4 is 16.9 Å². The van der Waals surface area contributed by atoms with Crippen LogP contribution in [0.25, 0.3) is 10.9 Å². The van der Waals surface area contributed by atoms with Crippen molar-refractivity contribution in [1.29, 1.82) is 0 Å². The molecular formula is C21H30N6. The quantitative estimate of drug-likeness (QED) is 0.347. The summed E-state index contributed by atoms with van der Waals surface area (Å²) >= 11 is 0. The predicted octanol–water partition coefficient (Wildman–Crippen LogP) is 3.12. The summed E-state index contributed by atoms with van der Waals surface area (Å²) in [5, 5.41) is 12.3. The van der Waals surface area contributed by atoms with Crippen LogP contribution in [-0.4, -0.2) is 39.9 Å². The molecule has 0 aliphatic carbocycles. The van der Waals surface area contributed by atoms with Crippen LogP contribution < -0.4 is 10.6 Å². The van der Waals surface area contributed by atoms with Gasteiger partial charge in [-0.25, -0.2) is 0 Å². The predicted molar refractivity (Wildman–Crippen MR) is 112 cm³/mol. The number of aryl methyl sites for hydroxylation is 1. The standard InChI is InChI=1S/C21H30N6/c1-3-22-21(24-16-18(2)17-27-14-7-12-25-27)23-11-6-13-26-15-10-19-8-4-5-9-20(19)26/h4-5,7-10,12,14-15,18H,3,6,11,13,16-17H2,1-2H3,(H2,22,23,24). The fraction of sp³-hybridized carbons (Fsp3) is 0.429. The van der Waals surface area contributed by atoms with Gasteiger partial charge in [-0.15, -0.1) is 0 Å². The Bertz CT molecular complexity index is 833. The maximum absolute atomic E-state index is 4.72. The second kappa shape index (κ2) is 9.80. The van der Waals surface area contributed by atoms with Crippen molar-refractivity contribution < 1.29 is 0 Å². The van der Waals surface area contributed by atoms with E-state index in [0.717, 1.165) is 45.1 Å². The van der Waals surface area contributed by atoms with Crippen LogP contribution in [0, 0.1) is 5.92 Å². The first-order valence-corrected chi connectivity index (χ1v) is 9.79. The van der Waals surface area contributed by atoms with E-state index in [9.17, 15) is 0 Å². The Morgan fingerprint density at radius 1 is 1.15 bits per heavy atom. The number of aliphatic imine (C=N–C) groups is 1. The van der Waals surface area contributed by atoms with Crippen LogP contribution in [0.2, 0.25) is 0 Å². The average molecular weight is 367 g/mol. The Hall–Kier alpha value is -2.76. The van der Waals surface area contributed by atoms with Gasteiger partial charge >= 0.3 is 0 Å². The first-order chi connectivity index (χ1) is 13.3. The van der Waals surface area contributed by atoms with Gasteiger partial charge in [0.25, 0.3) is 0 Å². The molecule has 0 aliphatic rings. The molecule has 0 aliphatic heterocycles. The van der Waals surface area contributed by atoms with E-state index in [0.29, 0.717) is 5.92 Å². The number of nitrogens with zero attached hydrogens (tertiary/aromatic N) is 4. The van der Waals surface area contributed by atoms with Crippen molar-refractivity contribution in [3.05, 3.63) is 55.0 Å². The smallest absolute Gasteiger partial charge is 0.191 e. The molecule has 6 heteroatoms. The highest BCUT2D eigenvalue weighted by molar-refractivity contribution is 5.80. The Kier molecular flexibility index (Phi) is 6.90. The van der Waals surface area contributed by atoms with Gasteiger partial charge in [0, 0.05) is 56.8 Å². The maximum Gasteiger partial charge on any atom is 0.191 e. The number of hydrogen-bond acceptors (Lipinski definition) is 2. The lowest BCUT2D eigenvalue weighted by Gasteiger charge is -2.14. The topological polar surface area (TPSA) is 59.2 Å². The molecule has 1 atom stereocenters. The van der Waals surface area contributed by atoms with Gasteiger partial charge in [-0.05, 0) is 42.8 Å². The summed E-state index contributed by atoms with van der Waals surface area (Å²) in [6.45, 7) is 8.71. The van der Waals surface area contributed by atoms with Crippen molar-refractivity contribution in [3.63, 3.8) is 0 Å². The summed E-state index contributed by atoms with van der Waals surface area (Å²) in [7, 11) is 0. The van der Waals surface area contributed by atoms with Crippen LogP contribution in [0.15, 0.2) is 60.0 Å². The fourth-order valence-electron chi connectivity index (χ4n) is 3.17. The zero-order valence-corrected chi connectivity index (χ0v) is 16.3. The van der Waals surface area contributed by atoms with Gasteiger partial charge in [0.1, 0.15) is 0 Å². The first-order valence-electron chi connectivity index (χ1n) is 9.79. The fourth-order valence-corrected chi connectivity index (χ4v) is 3.17. The van der Waals surface area contributed by atoms with Crippen LogP contribution in [0.5, 0.6) is 0 Å². The number of rotatable bonds is 9. The molecule has 2 N–H and O–H groups in total. The lowest BCUT2D eigenvalue weighted by Crippen LogP contribution is -2.38. The monoisotopic (exact) mass is 366 g/mol. The molecule has 0 spiro atoms. The van der Waals surface area contributed by atoms with Crippen LogP contribution in [0.4, 0.5) is 0 Å². The second-order valence-electron chi connectivity index (χ2n) is 6.90. The molecule has 3 aromatic rings.